The molecule has 4 heteroatoms. The molecule has 3 aliphatic rings. The molecule has 602 valence electrons. The number of anilines is 12. The number of para-hydroxylation sites is 6. The lowest BCUT2D eigenvalue weighted by Gasteiger charge is -2.28. The molecular weight excluding hydrogens is 1510 g/mol. The van der Waals surface area contributed by atoms with Gasteiger partial charge in [-0.25, -0.2) is 0 Å². The molecule has 0 atom stereocenters. The molecule has 125 heavy (non-hydrogen) atoms. The fourth-order valence-corrected chi connectivity index (χ4v) is 19.3. The molecule has 0 radical (unpaired) electrons. The van der Waals surface area contributed by atoms with E-state index in [0.717, 1.165) is 56.6 Å². The Morgan fingerprint density at radius 3 is 0.648 bits per heavy atom. The highest BCUT2D eigenvalue weighted by molar-refractivity contribution is 5.94. The van der Waals surface area contributed by atoms with Crippen LogP contribution in [0.4, 0.5) is 68.2 Å². The minimum Gasteiger partial charge on any atom is -0.311 e. The van der Waals surface area contributed by atoms with Crippen molar-refractivity contribution in [2.75, 3.05) is 19.6 Å². The average Bonchev–Trinajstić information content (AvgIpc) is 1.57. The largest absolute Gasteiger partial charge is 0.311 e. The second kappa shape index (κ2) is 32.7. The van der Waals surface area contributed by atoms with Crippen LogP contribution in [-0.2, 0) is 16.2 Å². The molecule has 0 fully saturated rings. The van der Waals surface area contributed by atoms with E-state index in [1.54, 1.807) is 0 Å². The van der Waals surface area contributed by atoms with E-state index in [1.165, 1.54) is 145 Å². The lowest BCUT2D eigenvalue weighted by molar-refractivity contribution is 0.659. The van der Waals surface area contributed by atoms with Gasteiger partial charge in [-0.1, -0.05) is 309 Å². The van der Waals surface area contributed by atoms with Gasteiger partial charge in [0.1, 0.15) is 0 Å². The third kappa shape index (κ3) is 15.1. The first-order valence-electron chi connectivity index (χ1n) is 43.7. The van der Waals surface area contributed by atoms with Crippen LogP contribution in [0.2, 0.25) is 0 Å². The minimum absolute atomic E-state index is 0.175. The maximum Gasteiger partial charge on any atom is 0.0465 e. The molecule has 0 spiro atoms. The third-order valence-electron chi connectivity index (χ3n) is 25.9. The fraction of sp³-hybridized carbons (Fsp3) is 0.0909. The van der Waals surface area contributed by atoms with E-state index in [1.807, 2.05) is 0 Å². The third-order valence-corrected chi connectivity index (χ3v) is 25.9. The molecule has 21 rings (SSSR count). The molecule has 0 saturated carbocycles. The normalized spacial score (nSPS) is 13.2. The molecule has 4 nitrogen and oxygen atoms in total. The summed E-state index contributed by atoms with van der Waals surface area (Å²) >= 11 is 0. The molecule has 3 aliphatic carbocycles. The van der Waals surface area contributed by atoms with Crippen molar-refractivity contribution in [2.24, 2.45) is 0 Å². The van der Waals surface area contributed by atoms with Crippen LogP contribution in [-0.4, -0.2) is 0 Å². The van der Waals surface area contributed by atoms with E-state index in [-0.39, 0.29) is 16.2 Å². The maximum atomic E-state index is 2.48. The summed E-state index contributed by atoms with van der Waals surface area (Å²) < 4.78 is 0. The molecule has 0 bridgehead atoms. The zero-order valence-electron chi connectivity index (χ0n) is 72.0. The number of rotatable bonds is 18. The topological polar surface area (TPSA) is 13.0 Å². The molecule has 0 aromatic heterocycles. The van der Waals surface area contributed by atoms with Gasteiger partial charge in [-0.15, -0.1) is 0 Å². The van der Waals surface area contributed by atoms with Gasteiger partial charge in [-0.2, -0.15) is 0 Å². The van der Waals surface area contributed by atoms with Crippen molar-refractivity contribution >= 4 is 103 Å². The van der Waals surface area contributed by atoms with Crippen molar-refractivity contribution in [3.05, 3.63) is 491 Å². The van der Waals surface area contributed by atoms with Gasteiger partial charge >= 0.3 is 0 Å². The van der Waals surface area contributed by atoms with Gasteiger partial charge in [0, 0.05) is 84.5 Å². The van der Waals surface area contributed by atoms with Crippen LogP contribution in [0.25, 0.3) is 90.7 Å². The van der Waals surface area contributed by atoms with Crippen LogP contribution in [0.1, 0.15) is 108 Å². The van der Waals surface area contributed by atoms with Crippen molar-refractivity contribution in [3.63, 3.8) is 0 Å². The molecule has 0 saturated heterocycles. The Morgan fingerprint density at radius 1 is 0.168 bits per heavy atom. The number of hydrogen-bond donors (Lipinski definition) is 0. The number of nitrogens with zero attached hydrogens (tertiary/aromatic N) is 4. The number of benzene rings is 18. The Labute approximate surface area is 736 Å². The highest BCUT2D eigenvalue weighted by Crippen LogP contribution is 2.56. The molecule has 18 aromatic rings. The Morgan fingerprint density at radius 2 is 0.376 bits per heavy atom. The van der Waals surface area contributed by atoms with E-state index in [4.69, 9.17) is 0 Å². The number of hydrogen-bond acceptors (Lipinski definition) is 4. The van der Waals surface area contributed by atoms with Gasteiger partial charge in [0.05, 0.1) is 0 Å². The molecule has 0 N–H and O–H groups in total. The summed E-state index contributed by atoms with van der Waals surface area (Å²) in [5.74, 6) is 0. The summed E-state index contributed by atoms with van der Waals surface area (Å²) in [7, 11) is 0. The molecular formula is C121H98N4. The zero-order chi connectivity index (χ0) is 84.9. The van der Waals surface area contributed by atoms with E-state index >= 15 is 0 Å². The summed E-state index contributed by atoms with van der Waals surface area (Å²) in [6, 6.07) is 155. The van der Waals surface area contributed by atoms with Crippen LogP contribution in [0.5, 0.6) is 0 Å². The van der Waals surface area contributed by atoms with E-state index in [0.29, 0.717) is 0 Å². The molecule has 0 aliphatic heterocycles. The Kier molecular flexibility index (Phi) is 20.5. The Balaban J connectivity index is 0.000000168. The molecule has 0 unspecified atom stereocenters. The summed E-state index contributed by atoms with van der Waals surface area (Å²) in [5.41, 5.74) is 41.7. The summed E-state index contributed by atoms with van der Waals surface area (Å²) in [5, 5.41) is 2.45. The lowest BCUT2D eigenvalue weighted by atomic mass is 9.79. The van der Waals surface area contributed by atoms with Gasteiger partial charge in [0.15, 0.2) is 0 Å². The smallest absolute Gasteiger partial charge is 0.0465 e. The van der Waals surface area contributed by atoms with Crippen molar-refractivity contribution in [2.45, 2.75) is 71.6 Å². The quantitative estimate of drug-likeness (QED) is 0.0794. The molecule has 18 aromatic carbocycles. The van der Waals surface area contributed by atoms with E-state index < -0.39 is 0 Å². The minimum atomic E-state index is -0.183. The van der Waals surface area contributed by atoms with Gasteiger partial charge in [0.25, 0.3) is 0 Å². The van der Waals surface area contributed by atoms with Crippen molar-refractivity contribution in [1.82, 2.24) is 0 Å². The summed E-state index contributed by atoms with van der Waals surface area (Å²) in [6.07, 6.45) is 8.74. The standard InChI is InChI=1S/C71H60N2.C50H38N2/c1-45-17-15-23-53(37-45)72(51-19-11-9-12-20-51)55-29-35-61-59-33-27-49(41-65(59)70(5,6)67(61)43-55)47-25-31-57-58-32-26-48(40-64(58)69(3,4)63(57)39-47)50-28-34-60-62-36-30-56(44-68(62)71(7,8)66(60)42-50)73(52-21-13-10-14-22-52)54-24-16-18-46(2)38-54;1-5-13-45(14-6-1)51(46-15-7-2-8-16-46)49-33-27-39(28-34-49)21-23-41-25-31-44-38-42(26-32-43(44)37-41)24-22-40-29-35-50(36-30-40)52(47-17-9-3-10-18-47)48-19-11-4-12-20-48/h9-44H,1-8H3;1-38H/b;23-21+,24-22+. The average molecular weight is 1610 g/mol. The number of aryl methyl sites for hydroxylation is 2. The summed E-state index contributed by atoms with van der Waals surface area (Å²) in [4.78, 5) is 9.34. The predicted octanol–water partition coefficient (Wildman–Crippen LogP) is 33.6. The highest BCUT2D eigenvalue weighted by atomic mass is 15.2. The second-order valence-corrected chi connectivity index (χ2v) is 35.1. The molecule has 0 heterocycles. The first-order valence-corrected chi connectivity index (χ1v) is 43.7. The van der Waals surface area contributed by atoms with Crippen LogP contribution in [0.3, 0.4) is 0 Å². The van der Waals surface area contributed by atoms with Gasteiger partial charge in [0.2, 0.25) is 0 Å². The monoisotopic (exact) mass is 1610 g/mol. The van der Waals surface area contributed by atoms with Crippen LogP contribution >= 0.6 is 0 Å². The van der Waals surface area contributed by atoms with Crippen LogP contribution in [0, 0.1) is 13.8 Å². The SMILES string of the molecule is C(=C\c1ccc2cc(/C=C/c3ccc(N(c4ccccc4)c4ccccc4)cc3)ccc2c1)/c1ccc(N(c2ccccc2)c2ccccc2)cc1.Cc1cccc(N(c2ccccc2)c2ccc3c(c2)C(C)(C)c2cc(-c4ccc5c(c4)C(C)(C)c4cc(-c6ccc7c(c6)C(C)(C)c6cc(N(c8ccccc8)c8cccc(C)c8)ccc6-7)ccc4-5)ccc2-3)c1. The Bertz CT molecular complexity index is 6600. The van der Waals surface area contributed by atoms with Gasteiger partial charge in [-0.3, -0.25) is 0 Å². The molecule has 0 amide bonds. The second-order valence-electron chi connectivity index (χ2n) is 35.1. The zero-order valence-corrected chi connectivity index (χ0v) is 72.0. The highest BCUT2D eigenvalue weighted by Gasteiger charge is 2.40. The fourth-order valence-electron chi connectivity index (χ4n) is 19.3. The van der Waals surface area contributed by atoms with Crippen LogP contribution < -0.4 is 19.6 Å². The van der Waals surface area contributed by atoms with Crippen molar-refractivity contribution in [1.29, 1.82) is 0 Å². The summed E-state index contributed by atoms with van der Waals surface area (Å²) in [6.45, 7) is 18.8. The van der Waals surface area contributed by atoms with Gasteiger partial charge < -0.3 is 19.6 Å². The number of fused-ring (bicyclic) bond motifs is 10. The predicted molar refractivity (Wildman–Crippen MR) is 533 cm³/mol. The first kappa shape index (κ1) is 78.4. The maximum absolute atomic E-state index is 2.48. The van der Waals surface area contributed by atoms with Crippen molar-refractivity contribution in [3.8, 4) is 55.6 Å². The van der Waals surface area contributed by atoms with Crippen molar-refractivity contribution < 1.29 is 0 Å². The first-order chi connectivity index (χ1) is 61.0. The van der Waals surface area contributed by atoms with Gasteiger partial charge in [-0.05, 0) is 329 Å². The van der Waals surface area contributed by atoms with Crippen LogP contribution in [0.15, 0.2) is 425 Å². The Hall–Kier alpha value is -15.1. The van der Waals surface area contributed by atoms with E-state index in [9.17, 15) is 0 Å². The lowest BCUT2D eigenvalue weighted by Crippen LogP contribution is -2.17. The van der Waals surface area contributed by atoms with E-state index in [2.05, 4.69) is 524 Å².